The van der Waals surface area contributed by atoms with Crippen LogP contribution < -0.4 is 10.2 Å². The number of fused-ring (bicyclic) bond motifs is 1. The highest BCUT2D eigenvalue weighted by Crippen LogP contribution is 2.30. The Morgan fingerprint density at radius 3 is 2.93 bits per heavy atom. The van der Waals surface area contributed by atoms with Gasteiger partial charge in [0.15, 0.2) is 5.16 Å². The summed E-state index contributed by atoms with van der Waals surface area (Å²) in [5.41, 5.74) is 5.25. The van der Waals surface area contributed by atoms with Gasteiger partial charge in [0.1, 0.15) is 6.33 Å². The second kappa shape index (κ2) is 8.47. The van der Waals surface area contributed by atoms with E-state index in [1.807, 2.05) is 35.8 Å². The van der Waals surface area contributed by atoms with Crippen molar-refractivity contribution in [2.24, 2.45) is 0 Å². The summed E-state index contributed by atoms with van der Waals surface area (Å²) >= 11 is 7.57. The van der Waals surface area contributed by atoms with Gasteiger partial charge in [-0.1, -0.05) is 35.5 Å². The molecule has 0 atom stereocenters. The maximum absolute atomic E-state index is 12.5. The zero-order chi connectivity index (χ0) is 20.4. The number of hydrogen-bond acceptors (Lipinski definition) is 5. The first-order chi connectivity index (χ1) is 14.0. The van der Waals surface area contributed by atoms with E-state index >= 15 is 0 Å². The second-order valence-corrected chi connectivity index (χ2v) is 8.28. The van der Waals surface area contributed by atoms with Crippen LogP contribution in [0.2, 0.25) is 5.02 Å². The Hall–Kier alpha value is -2.51. The van der Waals surface area contributed by atoms with E-state index in [4.69, 9.17) is 11.6 Å². The Balaban J connectivity index is 1.41. The molecule has 1 amide bonds. The second-order valence-electron chi connectivity index (χ2n) is 6.93. The normalized spacial score (nSPS) is 12.9. The maximum Gasteiger partial charge on any atom is 0.234 e. The van der Waals surface area contributed by atoms with Crippen LogP contribution in [0.25, 0.3) is 5.69 Å². The molecule has 1 aliphatic rings. The van der Waals surface area contributed by atoms with E-state index in [9.17, 15) is 4.79 Å². The minimum atomic E-state index is -0.0764. The van der Waals surface area contributed by atoms with Crippen molar-refractivity contribution in [3.8, 4) is 5.69 Å². The Bertz CT molecular complexity index is 1050. The highest BCUT2D eigenvalue weighted by Gasteiger charge is 2.18. The summed E-state index contributed by atoms with van der Waals surface area (Å²) < 4.78 is 1.83. The van der Waals surface area contributed by atoms with E-state index < -0.39 is 0 Å². The van der Waals surface area contributed by atoms with E-state index in [0.29, 0.717) is 10.2 Å². The first kappa shape index (κ1) is 19.8. The lowest BCUT2D eigenvalue weighted by Crippen LogP contribution is -2.19. The van der Waals surface area contributed by atoms with E-state index in [0.717, 1.165) is 36.4 Å². The lowest BCUT2D eigenvalue weighted by atomic mass is 10.1. The highest BCUT2D eigenvalue weighted by molar-refractivity contribution is 7.99. The van der Waals surface area contributed by atoms with Crippen LogP contribution in [0.4, 0.5) is 11.4 Å². The molecule has 0 fully saturated rings. The number of rotatable bonds is 6. The highest BCUT2D eigenvalue weighted by atomic mass is 35.5. The largest absolute Gasteiger partial charge is 0.371 e. The molecule has 29 heavy (non-hydrogen) atoms. The molecule has 0 saturated heterocycles. The molecule has 0 unspecified atom stereocenters. The Morgan fingerprint density at radius 1 is 1.28 bits per heavy atom. The van der Waals surface area contributed by atoms with Gasteiger partial charge in [-0.15, -0.1) is 10.2 Å². The number of carbonyl (C=O) groups excluding carboxylic acids is 1. The van der Waals surface area contributed by atoms with Gasteiger partial charge in [-0.05, 0) is 55.7 Å². The summed E-state index contributed by atoms with van der Waals surface area (Å²) in [5.74, 6) is 0.167. The smallest absolute Gasteiger partial charge is 0.234 e. The van der Waals surface area contributed by atoms with Gasteiger partial charge in [-0.25, -0.2) is 0 Å². The topological polar surface area (TPSA) is 63.1 Å². The molecular formula is C21H22ClN5OS. The number of aromatic nitrogens is 3. The third-order valence-electron chi connectivity index (χ3n) is 5.02. The van der Waals surface area contributed by atoms with E-state index in [1.54, 1.807) is 6.33 Å². The van der Waals surface area contributed by atoms with E-state index in [2.05, 4.69) is 39.5 Å². The summed E-state index contributed by atoms with van der Waals surface area (Å²) in [6, 6.07) is 11.9. The number of carbonyl (C=O) groups is 1. The molecule has 1 aliphatic heterocycles. The van der Waals surface area contributed by atoms with Crippen LogP contribution in [0.3, 0.4) is 0 Å². The maximum atomic E-state index is 12.5. The van der Waals surface area contributed by atoms with Gasteiger partial charge in [0, 0.05) is 29.5 Å². The molecule has 1 N–H and O–H groups in total. The molecule has 0 aliphatic carbocycles. The molecule has 3 aromatic rings. The number of hydrogen-bond donors (Lipinski definition) is 1. The lowest BCUT2D eigenvalue weighted by Gasteiger charge is -2.17. The molecule has 4 rings (SSSR count). The third-order valence-corrected chi connectivity index (χ3v) is 6.38. The molecule has 0 radical (unpaired) electrons. The Labute approximate surface area is 179 Å². The Kier molecular flexibility index (Phi) is 5.78. The molecule has 1 aromatic heterocycles. The number of aryl methyl sites for hydroxylation is 1. The number of thioether (sulfide) groups is 1. The van der Waals surface area contributed by atoms with Gasteiger partial charge in [0.2, 0.25) is 5.91 Å². The summed E-state index contributed by atoms with van der Waals surface area (Å²) in [6.07, 6.45) is 2.69. The molecule has 8 heteroatoms. The molecule has 0 bridgehead atoms. The van der Waals surface area contributed by atoms with Crippen molar-refractivity contribution in [3.63, 3.8) is 0 Å². The van der Waals surface area contributed by atoms with Crippen LogP contribution in [0.5, 0.6) is 0 Å². The monoisotopic (exact) mass is 427 g/mol. The van der Waals surface area contributed by atoms with Crippen molar-refractivity contribution in [2.75, 3.05) is 29.1 Å². The number of amides is 1. The van der Waals surface area contributed by atoms with Crippen LogP contribution in [-0.2, 0) is 11.2 Å². The summed E-state index contributed by atoms with van der Waals surface area (Å²) in [7, 11) is 0. The average molecular weight is 428 g/mol. The molecular weight excluding hydrogens is 406 g/mol. The van der Waals surface area contributed by atoms with Crippen molar-refractivity contribution in [1.29, 1.82) is 0 Å². The summed E-state index contributed by atoms with van der Waals surface area (Å²) in [6.45, 7) is 6.11. The zero-order valence-corrected chi connectivity index (χ0v) is 17.9. The number of anilines is 2. The van der Waals surface area contributed by atoms with E-state index in [-0.39, 0.29) is 11.7 Å². The van der Waals surface area contributed by atoms with Gasteiger partial charge < -0.3 is 10.2 Å². The quantitative estimate of drug-likeness (QED) is 0.593. The van der Waals surface area contributed by atoms with Crippen LogP contribution in [-0.4, -0.2) is 39.5 Å². The first-order valence-corrected chi connectivity index (χ1v) is 10.9. The van der Waals surface area contributed by atoms with Crippen molar-refractivity contribution >= 4 is 40.6 Å². The van der Waals surface area contributed by atoms with Crippen molar-refractivity contribution in [2.45, 2.75) is 25.4 Å². The zero-order valence-electron chi connectivity index (χ0n) is 16.4. The number of nitrogens with zero attached hydrogens (tertiary/aromatic N) is 4. The minimum absolute atomic E-state index is 0.0764. The predicted octanol–water partition coefficient (Wildman–Crippen LogP) is 4.34. The standard InChI is InChI=1S/C21H22ClN5OS/c1-3-26-9-8-15-5-6-16(10-19(15)26)24-20(28)12-29-21-25-23-13-27(21)17-7-4-14(2)18(22)11-17/h4-7,10-11,13H,3,8-9,12H2,1-2H3,(H,24,28). The Morgan fingerprint density at radius 2 is 2.14 bits per heavy atom. The molecule has 6 nitrogen and oxygen atoms in total. The number of halogens is 1. The number of nitrogens with one attached hydrogen (secondary N) is 1. The fraction of sp³-hybridized carbons (Fsp3) is 0.286. The number of likely N-dealkylation sites (N-methyl/N-ethyl adjacent to an activating group) is 1. The summed E-state index contributed by atoms with van der Waals surface area (Å²) in [5, 5.41) is 12.4. The van der Waals surface area contributed by atoms with Crippen LogP contribution in [0.15, 0.2) is 47.9 Å². The average Bonchev–Trinajstić information content (AvgIpc) is 3.35. The van der Waals surface area contributed by atoms with Crippen LogP contribution in [0, 0.1) is 6.92 Å². The molecule has 0 saturated carbocycles. The van der Waals surface area contributed by atoms with Crippen molar-refractivity contribution in [1.82, 2.24) is 14.8 Å². The fourth-order valence-corrected chi connectivity index (χ4v) is 4.31. The van der Waals surface area contributed by atoms with Crippen LogP contribution in [0.1, 0.15) is 18.1 Å². The van der Waals surface area contributed by atoms with Crippen molar-refractivity contribution < 1.29 is 4.79 Å². The first-order valence-electron chi connectivity index (χ1n) is 9.52. The van der Waals surface area contributed by atoms with Gasteiger partial charge >= 0.3 is 0 Å². The van der Waals surface area contributed by atoms with Gasteiger partial charge in [-0.3, -0.25) is 9.36 Å². The van der Waals surface area contributed by atoms with Gasteiger partial charge in [0.25, 0.3) is 0 Å². The molecule has 150 valence electrons. The van der Waals surface area contributed by atoms with Gasteiger partial charge in [0.05, 0.1) is 11.4 Å². The third kappa shape index (κ3) is 4.26. The molecule has 0 spiro atoms. The SMILES string of the molecule is CCN1CCc2ccc(NC(=O)CSc3nncn3-c3ccc(C)c(Cl)c3)cc21. The van der Waals surface area contributed by atoms with Crippen molar-refractivity contribution in [3.05, 3.63) is 58.9 Å². The minimum Gasteiger partial charge on any atom is -0.371 e. The summed E-state index contributed by atoms with van der Waals surface area (Å²) in [4.78, 5) is 14.8. The lowest BCUT2D eigenvalue weighted by molar-refractivity contribution is -0.113. The van der Waals surface area contributed by atoms with Crippen LogP contribution >= 0.6 is 23.4 Å². The molecule has 2 heterocycles. The molecule has 2 aromatic carbocycles. The predicted molar refractivity (Wildman–Crippen MR) is 118 cm³/mol. The van der Waals surface area contributed by atoms with Gasteiger partial charge in [-0.2, -0.15) is 0 Å². The fourth-order valence-electron chi connectivity index (χ4n) is 3.41. The number of benzene rings is 2. The van der Waals surface area contributed by atoms with E-state index in [1.165, 1.54) is 23.0 Å².